The number of methoxy groups -OCH3 is 1. The van der Waals surface area contributed by atoms with Crippen LogP contribution in [0.15, 0.2) is 54.5 Å². The zero-order valence-corrected chi connectivity index (χ0v) is 21.7. The number of aryl methyl sites for hydroxylation is 1. The van der Waals surface area contributed by atoms with Crippen molar-refractivity contribution in [2.45, 2.75) is 38.6 Å². The summed E-state index contributed by atoms with van der Waals surface area (Å²) in [4.78, 5) is 22.6. The third kappa shape index (κ3) is 4.53. The molecule has 0 radical (unpaired) electrons. The average Bonchev–Trinajstić information content (AvgIpc) is 3.56. The van der Waals surface area contributed by atoms with Gasteiger partial charge in [0.25, 0.3) is 0 Å². The topological polar surface area (TPSA) is 59.8 Å². The first-order chi connectivity index (χ1) is 18.1. The van der Waals surface area contributed by atoms with E-state index < -0.39 is 0 Å². The second-order valence-corrected chi connectivity index (χ2v) is 10.1. The van der Waals surface area contributed by atoms with Gasteiger partial charge in [0, 0.05) is 37.1 Å². The maximum absolute atomic E-state index is 13.7. The zero-order chi connectivity index (χ0) is 25.4. The molecule has 3 aromatic rings. The molecule has 0 bridgehead atoms. The highest BCUT2D eigenvalue weighted by molar-refractivity contribution is 5.99. The number of hydrogen-bond donors (Lipinski definition) is 0. The summed E-state index contributed by atoms with van der Waals surface area (Å²) < 4.78 is 13.2. The van der Waals surface area contributed by atoms with Crippen LogP contribution >= 0.6 is 0 Å². The van der Waals surface area contributed by atoms with Gasteiger partial charge in [-0.05, 0) is 73.6 Å². The Bertz CT molecular complexity index is 1340. The standard InChI is InChI=1S/C30H34N4O3/c1-21-19-33(20-31-21)28-10-8-22(18-29(28)36-2)17-23-5-4-12-34(30(23)35)27-11-9-25-24(27)6-3-7-26(25)32-13-15-37-16-14-32/h3,6-8,10,17-20,27H,4-5,9,11-16H2,1-2H3/b23-17+/t27-/m0/s1. The van der Waals surface area contributed by atoms with Crippen molar-refractivity contribution in [3.63, 3.8) is 0 Å². The van der Waals surface area contributed by atoms with Crippen LogP contribution < -0.4 is 9.64 Å². The fraction of sp³-hybridized carbons (Fsp3) is 0.400. The molecule has 2 saturated heterocycles. The summed E-state index contributed by atoms with van der Waals surface area (Å²) in [5.41, 5.74) is 7.78. The third-order valence-corrected chi connectivity index (χ3v) is 7.86. The Morgan fingerprint density at radius 1 is 1.08 bits per heavy atom. The molecule has 192 valence electrons. The minimum absolute atomic E-state index is 0.147. The third-order valence-electron chi connectivity index (χ3n) is 7.86. The number of morpholine rings is 1. The first-order valence-electron chi connectivity index (χ1n) is 13.3. The molecule has 1 aliphatic carbocycles. The number of piperidine rings is 1. The molecule has 2 fully saturated rings. The van der Waals surface area contributed by atoms with E-state index in [1.807, 2.05) is 42.0 Å². The largest absolute Gasteiger partial charge is 0.495 e. The van der Waals surface area contributed by atoms with E-state index in [0.717, 1.165) is 86.8 Å². The van der Waals surface area contributed by atoms with Gasteiger partial charge in [-0.2, -0.15) is 0 Å². The molecular weight excluding hydrogens is 464 g/mol. The number of carbonyl (C=O) groups is 1. The summed E-state index contributed by atoms with van der Waals surface area (Å²) >= 11 is 0. The van der Waals surface area contributed by atoms with Crippen molar-refractivity contribution in [3.05, 3.63) is 76.9 Å². The molecule has 2 aliphatic heterocycles. The lowest BCUT2D eigenvalue weighted by molar-refractivity contribution is -0.131. The summed E-state index contributed by atoms with van der Waals surface area (Å²) in [6.45, 7) is 6.19. The molecule has 0 saturated carbocycles. The van der Waals surface area contributed by atoms with Crippen LogP contribution in [-0.4, -0.2) is 60.3 Å². The van der Waals surface area contributed by atoms with Crippen LogP contribution in [0.2, 0.25) is 0 Å². The second-order valence-electron chi connectivity index (χ2n) is 10.1. The predicted octanol–water partition coefficient (Wildman–Crippen LogP) is 4.72. The smallest absolute Gasteiger partial charge is 0.250 e. The van der Waals surface area contributed by atoms with Crippen molar-refractivity contribution in [3.8, 4) is 11.4 Å². The maximum Gasteiger partial charge on any atom is 0.250 e. The molecule has 1 aromatic heterocycles. The van der Waals surface area contributed by atoms with E-state index in [-0.39, 0.29) is 11.9 Å². The number of rotatable bonds is 5. The Labute approximate surface area is 218 Å². The minimum atomic E-state index is 0.147. The number of fused-ring (bicyclic) bond motifs is 1. The maximum atomic E-state index is 13.7. The van der Waals surface area contributed by atoms with Gasteiger partial charge in [-0.15, -0.1) is 0 Å². The number of ether oxygens (including phenoxy) is 2. The lowest BCUT2D eigenvalue weighted by Crippen LogP contribution is -2.39. The highest BCUT2D eigenvalue weighted by Gasteiger charge is 2.35. The Kier molecular flexibility index (Phi) is 6.47. The Morgan fingerprint density at radius 3 is 2.73 bits per heavy atom. The van der Waals surface area contributed by atoms with Gasteiger partial charge in [-0.1, -0.05) is 18.2 Å². The molecular formula is C30H34N4O3. The number of imidazole rings is 1. The summed E-state index contributed by atoms with van der Waals surface area (Å²) in [5, 5.41) is 0. The zero-order valence-electron chi connectivity index (χ0n) is 21.7. The molecule has 7 nitrogen and oxygen atoms in total. The van der Waals surface area contributed by atoms with Crippen LogP contribution in [0.25, 0.3) is 11.8 Å². The summed E-state index contributed by atoms with van der Waals surface area (Å²) in [6, 6.07) is 12.8. The van der Waals surface area contributed by atoms with Crippen molar-refractivity contribution in [2.24, 2.45) is 0 Å². The van der Waals surface area contributed by atoms with Crippen LogP contribution in [0.3, 0.4) is 0 Å². The monoisotopic (exact) mass is 498 g/mol. The van der Waals surface area contributed by atoms with Gasteiger partial charge in [0.05, 0.1) is 44.1 Å². The minimum Gasteiger partial charge on any atom is -0.495 e. The van der Waals surface area contributed by atoms with Crippen molar-refractivity contribution in [1.29, 1.82) is 0 Å². The van der Waals surface area contributed by atoms with Crippen LogP contribution in [0.4, 0.5) is 5.69 Å². The number of nitrogens with zero attached hydrogens (tertiary/aromatic N) is 4. The highest BCUT2D eigenvalue weighted by atomic mass is 16.5. The molecule has 3 aliphatic rings. The molecule has 37 heavy (non-hydrogen) atoms. The van der Waals surface area contributed by atoms with Gasteiger partial charge in [0.2, 0.25) is 5.91 Å². The summed E-state index contributed by atoms with van der Waals surface area (Å²) in [7, 11) is 1.68. The number of benzene rings is 2. The van der Waals surface area contributed by atoms with Crippen molar-refractivity contribution in [2.75, 3.05) is 44.9 Å². The van der Waals surface area contributed by atoms with Gasteiger partial charge in [-0.3, -0.25) is 4.79 Å². The van der Waals surface area contributed by atoms with Crippen LogP contribution in [0, 0.1) is 6.92 Å². The Morgan fingerprint density at radius 2 is 1.95 bits per heavy atom. The van der Waals surface area contributed by atoms with E-state index in [0.29, 0.717) is 0 Å². The second kappa shape index (κ2) is 10.1. The number of aromatic nitrogens is 2. The molecule has 0 spiro atoms. The molecule has 2 aromatic carbocycles. The SMILES string of the molecule is COc1cc(/C=C2\CCCN([C@H]3CCc4c3cccc4N3CCOCC3)C2=O)ccc1-n1cnc(C)c1. The molecule has 0 unspecified atom stereocenters. The number of hydrogen-bond acceptors (Lipinski definition) is 5. The van der Waals surface area contributed by atoms with E-state index in [1.165, 1.54) is 16.8 Å². The van der Waals surface area contributed by atoms with Crippen molar-refractivity contribution < 1.29 is 14.3 Å². The fourth-order valence-corrected chi connectivity index (χ4v) is 6.05. The van der Waals surface area contributed by atoms with E-state index in [2.05, 4.69) is 33.0 Å². The van der Waals surface area contributed by atoms with E-state index in [4.69, 9.17) is 9.47 Å². The van der Waals surface area contributed by atoms with Crippen LogP contribution in [0.1, 0.15) is 47.7 Å². The quantitative estimate of drug-likeness (QED) is 0.477. The molecule has 6 rings (SSSR count). The predicted molar refractivity (Wildman–Crippen MR) is 144 cm³/mol. The molecule has 1 atom stereocenters. The average molecular weight is 499 g/mol. The molecule has 7 heteroatoms. The van der Waals surface area contributed by atoms with Crippen LogP contribution in [-0.2, 0) is 16.0 Å². The van der Waals surface area contributed by atoms with E-state index in [9.17, 15) is 4.79 Å². The van der Waals surface area contributed by atoms with Gasteiger partial charge >= 0.3 is 0 Å². The summed E-state index contributed by atoms with van der Waals surface area (Å²) in [6.07, 6.45) is 9.59. The first-order valence-corrected chi connectivity index (χ1v) is 13.3. The number of anilines is 1. The van der Waals surface area contributed by atoms with Gasteiger partial charge in [0.1, 0.15) is 5.75 Å². The molecule has 3 heterocycles. The number of amides is 1. The Hall–Kier alpha value is -3.58. The lowest BCUT2D eigenvalue weighted by atomic mass is 9.97. The first kappa shape index (κ1) is 23.8. The van der Waals surface area contributed by atoms with Crippen LogP contribution in [0.5, 0.6) is 5.75 Å². The van der Waals surface area contributed by atoms with Crippen molar-refractivity contribution >= 4 is 17.7 Å². The van der Waals surface area contributed by atoms with Crippen molar-refractivity contribution in [1.82, 2.24) is 14.5 Å². The lowest BCUT2D eigenvalue weighted by Gasteiger charge is -2.35. The van der Waals surface area contributed by atoms with Gasteiger partial charge in [-0.25, -0.2) is 4.98 Å². The molecule has 0 N–H and O–H groups in total. The highest BCUT2D eigenvalue weighted by Crippen LogP contribution is 2.42. The van der Waals surface area contributed by atoms with E-state index >= 15 is 0 Å². The summed E-state index contributed by atoms with van der Waals surface area (Å²) in [5.74, 6) is 0.918. The Balaban J connectivity index is 1.25. The number of likely N-dealkylation sites (tertiary alicyclic amines) is 1. The van der Waals surface area contributed by atoms with E-state index in [1.54, 1.807) is 13.4 Å². The fourth-order valence-electron chi connectivity index (χ4n) is 6.05. The normalized spacial score (nSPS) is 21.0. The number of carbonyl (C=O) groups excluding carboxylic acids is 1. The van der Waals surface area contributed by atoms with Gasteiger partial charge < -0.3 is 23.8 Å². The molecule has 1 amide bonds. The van der Waals surface area contributed by atoms with Gasteiger partial charge in [0.15, 0.2) is 0 Å².